The Morgan fingerprint density at radius 3 is 2.46 bits per heavy atom. The Balaban J connectivity index is 1.51. The second-order valence-electron chi connectivity index (χ2n) is 6.77. The van der Waals surface area contributed by atoms with Gasteiger partial charge >= 0.3 is 0 Å². The number of piperidine rings is 1. The third kappa shape index (κ3) is 4.64. The van der Waals surface area contributed by atoms with E-state index < -0.39 is 0 Å². The van der Waals surface area contributed by atoms with E-state index in [1.807, 2.05) is 54.3 Å². The molecule has 1 heterocycles. The van der Waals surface area contributed by atoms with Crippen LogP contribution in [0.2, 0.25) is 5.02 Å². The van der Waals surface area contributed by atoms with Crippen molar-refractivity contribution in [3.8, 4) is 0 Å². The summed E-state index contributed by atoms with van der Waals surface area (Å²) in [4.78, 5) is 26.8. The van der Waals surface area contributed by atoms with Gasteiger partial charge in [0.1, 0.15) is 0 Å². The molecule has 2 amide bonds. The van der Waals surface area contributed by atoms with Crippen LogP contribution in [-0.4, -0.2) is 29.8 Å². The van der Waals surface area contributed by atoms with Gasteiger partial charge < -0.3 is 10.2 Å². The van der Waals surface area contributed by atoms with Crippen LogP contribution in [0, 0.1) is 12.8 Å². The van der Waals surface area contributed by atoms with Gasteiger partial charge in [-0.2, -0.15) is 0 Å². The van der Waals surface area contributed by atoms with Gasteiger partial charge in [-0.3, -0.25) is 9.59 Å². The molecule has 0 saturated carbocycles. The van der Waals surface area contributed by atoms with E-state index in [0.29, 0.717) is 37.4 Å². The molecule has 1 N–H and O–H groups in total. The third-order valence-electron chi connectivity index (χ3n) is 4.86. The lowest BCUT2D eigenvalue weighted by Gasteiger charge is -2.31. The lowest BCUT2D eigenvalue weighted by Crippen LogP contribution is -2.42. The predicted octanol–water partition coefficient (Wildman–Crippen LogP) is 4.07. The number of nitrogens with zero attached hydrogens (tertiary/aromatic N) is 1. The normalized spacial score (nSPS) is 14.9. The standard InChI is InChI=1S/C21H23ClN2O2/c1-15-13-18(22)7-8-19(15)23-21(26)17-9-11-24(12-10-17)20(25)14-16-5-3-2-4-6-16/h2-8,13,17H,9-12,14H2,1H3,(H,23,26). The first-order chi connectivity index (χ1) is 12.5. The van der Waals surface area contributed by atoms with Crippen LogP contribution in [-0.2, 0) is 16.0 Å². The number of rotatable bonds is 4. The van der Waals surface area contributed by atoms with Crippen LogP contribution < -0.4 is 5.32 Å². The van der Waals surface area contributed by atoms with Gasteiger partial charge in [-0.05, 0) is 49.1 Å². The number of carbonyl (C=O) groups is 2. The number of halogens is 1. The van der Waals surface area contributed by atoms with Gasteiger partial charge in [-0.1, -0.05) is 41.9 Å². The number of hydrogen-bond acceptors (Lipinski definition) is 2. The molecule has 26 heavy (non-hydrogen) atoms. The molecule has 0 atom stereocenters. The van der Waals surface area contributed by atoms with Crippen molar-refractivity contribution in [1.29, 1.82) is 0 Å². The number of anilines is 1. The van der Waals surface area contributed by atoms with Crippen molar-refractivity contribution in [1.82, 2.24) is 4.90 Å². The first kappa shape index (κ1) is 18.5. The van der Waals surface area contributed by atoms with E-state index in [0.717, 1.165) is 16.8 Å². The molecule has 2 aromatic rings. The fourth-order valence-corrected chi connectivity index (χ4v) is 3.50. The fourth-order valence-electron chi connectivity index (χ4n) is 3.28. The molecule has 0 radical (unpaired) electrons. The molecule has 136 valence electrons. The number of hydrogen-bond donors (Lipinski definition) is 1. The molecule has 1 aliphatic rings. The van der Waals surface area contributed by atoms with Gasteiger partial charge in [-0.15, -0.1) is 0 Å². The summed E-state index contributed by atoms with van der Waals surface area (Å²) in [5, 5.41) is 3.65. The van der Waals surface area contributed by atoms with Crippen molar-refractivity contribution in [3.63, 3.8) is 0 Å². The zero-order chi connectivity index (χ0) is 18.5. The van der Waals surface area contributed by atoms with Crippen LogP contribution in [0.25, 0.3) is 0 Å². The molecule has 4 nitrogen and oxygen atoms in total. The van der Waals surface area contributed by atoms with Gasteiger partial charge in [0.2, 0.25) is 11.8 Å². The van der Waals surface area contributed by atoms with Crippen molar-refractivity contribution in [2.45, 2.75) is 26.2 Å². The molecule has 3 rings (SSSR count). The Labute approximate surface area is 159 Å². The molecule has 0 bridgehead atoms. The maximum atomic E-state index is 12.5. The van der Waals surface area contributed by atoms with Crippen LogP contribution in [0.15, 0.2) is 48.5 Å². The van der Waals surface area contributed by atoms with Crippen molar-refractivity contribution in [2.75, 3.05) is 18.4 Å². The largest absolute Gasteiger partial charge is 0.342 e. The van der Waals surface area contributed by atoms with Gasteiger partial charge in [0.05, 0.1) is 6.42 Å². The van der Waals surface area contributed by atoms with E-state index in [-0.39, 0.29) is 17.7 Å². The number of aryl methyl sites for hydroxylation is 1. The Bertz CT molecular complexity index is 784. The number of nitrogens with one attached hydrogen (secondary N) is 1. The summed E-state index contributed by atoms with van der Waals surface area (Å²) in [7, 11) is 0. The Kier molecular flexibility index (Phi) is 5.94. The smallest absolute Gasteiger partial charge is 0.227 e. The average molecular weight is 371 g/mol. The predicted molar refractivity (Wildman–Crippen MR) is 104 cm³/mol. The molecule has 1 saturated heterocycles. The monoisotopic (exact) mass is 370 g/mol. The first-order valence-electron chi connectivity index (χ1n) is 8.91. The SMILES string of the molecule is Cc1cc(Cl)ccc1NC(=O)C1CCN(C(=O)Cc2ccccc2)CC1. The summed E-state index contributed by atoms with van der Waals surface area (Å²) in [6, 6.07) is 15.2. The highest BCUT2D eigenvalue weighted by atomic mass is 35.5. The maximum absolute atomic E-state index is 12.5. The van der Waals surface area contributed by atoms with Gasteiger partial charge in [0, 0.05) is 29.7 Å². The molecular formula is C21H23ClN2O2. The van der Waals surface area contributed by atoms with Gasteiger partial charge in [0.25, 0.3) is 0 Å². The minimum absolute atomic E-state index is 0.0191. The molecule has 1 aliphatic heterocycles. The second-order valence-corrected chi connectivity index (χ2v) is 7.20. The van der Waals surface area contributed by atoms with Crippen LogP contribution in [0.3, 0.4) is 0 Å². The van der Waals surface area contributed by atoms with Gasteiger partial charge in [-0.25, -0.2) is 0 Å². The highest BCUT2D eigenvalue weighted by Crippen LogP contribution is 2.23. The van der Waals surface area contributed by atoms with Crippen molar-refractivity contribution in [3.05, 3.63) is 64.7 Å². The van der Waals surface area contributed by atoms with E-state index in [1.54, 1.807) is 6.07 Å². The molecule has 1 fully saturated rings. The van der Waals surface area contributed by atoms with Crippen molar-refractivity contribution < 1.29 is 9.59 Å². The van der Waals surface area contributed by atoms with E-state index >= 15 is 0 Å². The van der Waals surface area contributed by atoms with Crippen LogP contribution in [0.4, 0.5) is 5.69 Å². The highest BCUT2D eigenvalue weighted by molar-refractivity contribution is 6.30. The van der Waals surface area contributed by atoms with E-state index in [4.69, 9.17) is 11.6 Å². The molecule has 0 aliphatic carbocycles. The number of likely N-dealkylation sites (tertiary alicyclic amines) is 1. The minimum atomic E-state index is -0.0640. The van der Waals surface area contributed by atoms with Crippen molar-refractivity contribution in [2.24, 2.45) is 5.92 Å². The minimum Gasteiger partial charge on any atom is -0.342 e. The second kappa shape index (κ2) is 8.37. The molecule has 0 aromatic heterocycles. The summed E-state index contributed by atoms with van der Waals surface area (Å²) < 4.78 is 0. The molecule has 0 spiro atoms. The summed E-state index contributed by atoms with van der Waals surface area (Å²) >= 11 is 5.96. The molecule has 0 unspecified atom stereocenters. The molecule has 2 aromatic carbocycles. The topological polar surface area (TPSA) is 49.4 Å². The first-order valence-corrected chi connectivity index (χ1v) is 9.29. The van der Waals surface area contributed by atoms with Crippen LogP contribution >= 0.6 is 11.6 Å². The number of amides is 2. The fraction of sp³-hybridized carbons (Fsp3) is 0.333. The van der Waals surface area contributed by atoms with E-state index in [2.05, 4.69) is 5.32 Å². The lowest BCUT2D eigenvalue weighted by molar-refractivity contribution is -0.133. The zero-order valence-electron chi connectivity index (χ0n) is 14.9. The quantitative estimate of drug-likeness (QED) is 0.882. The highest BCUT2D eigenvalue weighted by Gasteiger charge is 2.27. The summed E-state index contributed by atoms with van der Waals surface area (Å²) in [6.45, 7) is 3.18. The number of benzene rings is 2. The maximum Gasteiger partial charge on any atom is 0.227 e. The summed E-state index contributed by atoms with van der Waals surface area (Å²) in [5.41, 5.74) is 2.76. The Morgan fingerprint density at radius 2 is 1.81 bits per heavy atom. The van der Waals surface area contributed by atoms with E-state index in [1.165, 1.54) is 0 Å². The third-order valence-corrected chi connectivity index (χ3v) is 5.10. The molecule has 5 heteroatoms. The van der Waals surface area contributed by atoms with Crippen LogP contribution in [0.5, 0.6) is 0 Å². The summed E-state index contributed by atoms with van der Waals surface area (Å²) in [6.07, 6.45) is 1.81. The Hall–Kier alpha value is -2.33. The number of carbonyl (C=O) groups excluding carboxylic acids is 2. The molecular weight excluding hydrogens is 348 g/mol. The van der Waals surface area contributed by atoms with E-state index in [9.17, 15) is 9.59 Å². The average Bonchev–Trinajstić information content (AvgIpc) is 2.65. The van der Waals surface area contributed by atoms with Crippen molar-refractivity contribution >= 4 is 29.1 Å². The lowest BCUT2D eigenvalue weighted by atomic mass is 9.95. The Morgan fingerprint density at radius 1 is 1.12 bits per heavy atom. The van der Waals surface area contributed by atoms with Gasteiger partial charge in [0.15, 0.2) is 0 Å². The van der Waals surface area contributed by atoms with Crippen LogP contribution in [0.1, 0.15) is 24.0 Å². The zero-order valence-corrected chi connectivity index (χ0v) is 15.6. The summed E-state index contributed by atoms with van der Waals surface area (Å²) in [5.74, 6) is 0.0834.